The second-order valence-electron chi connectivity index (χ2n) is 14.0. The topological polar surface area (TPSA) is 195 Å². The molecule has 272 valence electrons. The molecule has 0 bridgehead atoms. The average molecular weight is 766 g/mol. The van der Waals surface area contributed by atoms with E-state index in [0.717, 1.165) is 67.4 Å². The fourth-order valence-electron chi connectivity index (χ4n) is 7.45. The summed E-state index contributed by atoms with van der Waals surface area (Å²) in [7, 11) is 0. The van der Waals surface area contributed by atoms with Crippen molar-refractivity contribution in [2.45, 2.75) is 70.8 Å². The SMILES string of the molecule is CC(C)(C)OC(=O)Nc1sc2c(F)ccc(-c3c4c(c5c(NCC(=N)SC(=N)N)nc(OCC67CCCN6CCC7)nc5c3Cl)COC4)c2c1C#N. The van der Waals surface area contributed by atoms with Crippen LogP contribution >= 0.6 is 34.7 Å². The van der Waals surface area contributed by atoms with Crippen molar-refractivity contribution in [2.24, 2.45) is 5.73 Å². The lowest BCUT2D eigenvalue weighted by Crippen LogP contribution is -2.43. The summed E-state index contributed by atoms with van der Waals surface area (Å²) in [5.41, 5.74) is 7.51. The van der Waals surface area contributed by atoms with Crippen LogP contribution in [0.2, 0.25) is 5.02 Å². The number of nitrogens with one attached hydrogen (secondary N) is 4. The van der Waals surface area contributed by atoms with E-state index in [-0.39, 0.29) is 67.2 Å². The number of nitriles is 1. The van der Waals surface area contributed by atoms with Crippen molar-refractivity contribution in [3.8, 4) is 23.2 Å². The maximum absolute atomic E-state index is 15.5. The second kappa shape index (κ2) is 13.9. The summed E-state index contributed by atoms with van der Waals surface area (Å²) >= 11 is 9.12. The summed E-state index contributed by atoms with van der Waals surface area (Å²) < 4.78 is 33.4. The maximum atomic E-state index is 15.5. The van der Waals surface area contributed by atoms with E-state index in [1.807, 2.05) is 0 Å². The number of hydrogen-bond donors (Lipinski definition) is 5. The number of ether oxygens (including phenoxy) is 3. The first-order chi connectivity index (χ1) is 24.8. The molecule has 2 aromatic carbocycles. The molecule has 2 aromatic heterocycles. The number of amides is 1. The first kappa shape index (κ1) is 36.1. The van der Waals surface area contributed by atoms with Crippen LogP contribution in [-0.2, 0) is 22.7 Å². The molecule has 0 unspecified atom stereocenters. The second-order valence-corrected chi connectivity index (χ2v) is 16.5. The van der Waals surface area contributed by atoms with E-state index in [1.165, 1.54) is 6.07 Å². The number of benzene rings is 2. The number of fused-ring (bicyclic) bond motifs is 5. The van der Waals surface area contributed by atoms with Gasteiger partial charge in [0.1, 0.15) is 34.9 Å². The predicted octanol–water partition coefficient (Wildman–Crippen LogP) is 7.58. The number of hydrogen-bond acceptors (Lipinski definition) is 13. The van der Waals surface area contributed by atoms with Crippen LogP contribution in [0.4, 0.5) is 20.0 Å². The number of nitrogens with zero attached hydrogens (tertiary/aromatic N) is 4. The predicted molar refractivity (Wildman–Crippen MR) is 202 cm³/mol. The van der Waals surface area contributed by atoms with Crippen LogP contribution < -0.4 is 21.1 Å². The highest BCUT2D eigenvalue weighted by Gasteiger charge is 2.45. The van der Waals surface area contributed by atoms with Gasteiger partial charge >= 0.3 is 12.1 Å². The lowest BCUT2D eigenvalue weighted by molar-refractivity contribution is 0.0636. The molecule has 3 aliphatic rings. The van der Waals surface area contributed by atoms with Gasteiger partial charge in [0.15, 0.2) is 5.17 Å². The minimum atomic E-state index is -0.791. The zero-order chi connectivity index (χ0) is 36.9. The van der Waals surface area contributed by atoms with Crippen molar-refractivity contribution >= 4 is 82.8 Å². The van der Waals surface area contributed by atoms with Crippen molar-refractivity contribution in [3.05, 3.63) is 39.7 Å². The summed E-state index contributed by atoms with van der Waals surface area (Å²) in [5.74, 6) is -0.192. The van der Waals surface area contributed by atoms with E-state index in [1.54, 1.807) is 26.8 Å². The molecule has 0 spiro atoms. The van der Waals surface area contributed by atoms with E-state index < -0.39 is 17.5 Å². The van der Waals surface area contributed by atoms with Crippen molar-refractivity contribution in [1.82, 2.24) is 14.9 Å². The van der Waals surface area contributed by atoms with E-state index in [2.05, 4.69) is 21.6 Å². The van der Waals surface area contributed by atoms with Crippen LogP contribution in [0, 0.1) is 28.0 Å². The number of thioether (sulfide) groups is 1. The quantitative estimate of drug-likeness (QED) is 0.0876. The molecule has 0 aliphatic carbocycles. The lowest BCUT2D eigenvalue weighted by atomic mass is 9.91. The van der Waals surface area contributed by atoms with Gasteiger partial charge in [-0.2, -0.15) is 15.2 Å². The molecule has 2 fully saturated rings. The van der Waals surface area contributed by atoms with Gasteiger partial charge in [-0.15, -0.1) is 11.3 Å². The average Bonchev–Trinajstić information content (AvgIpc) is 3.86. The lowest BCUT2D eigenvalue weighted by Gasteiger charge is -2.31. The van der Waals surface area contributed by atoms with Crippen LogP contribution in [0.25, 0.3) is 32.1 Å². The van der Waals surface area contributed by atoms with Gasteiger partial charge in [0.05, 0.1) is 56.5 Å². The van der Waals surface area contributed by atoms with Crippen molar-refractivity contribution in [3.63, 3.8) is 0 Å². The molecule has 0 radical (unpaired) electrons. The molecule has 0 saturated carbocycles. The van der Waals surface area contributed by atoms with Crippen LogP contribution in [0.3, 0.4) is 0 Å². The van der Waals surface area contributed by atoms with E-state index in [0.29, 0.717) is 40.0 Å². The van der Waals surface area contributed by atoms with Gasteiger partial charge in [-0.05, 0) is 94.1 Å². The molecule has 6 N–H and O–H groups in total. The van der Waals surface area contributed by atoms with Crippen molar-refractivity contribution < 1.29 is 23.4 Å². The number of aromatic nitrogens is 2. The van der Waals surface area contributed by atoms with E-state index in [9.17, 15) is 10.1 Å². The van der Waals surface area contributed by atoms with Crippen LogP contribution in [0.1, 0.15) is 63.1 Å². The highest BCUT2D eigenvalue weighted by molar-refractivity contribution is 8.26. The minimum absolute atomic E-state index is 0.0228. The van der Waals surface area contributed by atoms with Crippen molar-refractivity contribution in [1.29, 1.82) is 16.1 Å². The maximum Gasteiger partial charge on any atom is 0.412 e. The minimum Gasteiger partial charge on any atom is -0.461 e. The van der Waals surface area contributed by atoms with Crippen LogP contribution in [0.15, 0.2) is 12.1 Å². The number of nitrogens with two attached hydrogens (primary N) is 1. The molecule has 52 heavy (non-hydrogen) atoms. The number of carbonyl (C=O) groups is 1. The third-order valence-corrected chi connectivity index (χ3v) is 11.6. The smallest absolute Gasteiger partial charge is 0.412 e. The summed E-state index contributed by atoms with van der Waals surface area (Å²) in [4.78, 5) is 24.9. The molecule has 17 heteroatoms. The standard InChI is InChI=1S/C35H37ClFN9O4S2/c1-34(2,3)50-33(47)45-30-18(12-38)24-17(6-7-21(37)28(24)52-30)23-19-14-48-15-20(19)25-27(26(23)36)43-32(44-29(25)42-13-22(39)51-31(40)41)49-16-35-8-4-10-46(35)11-5-9-35/h6-7,39H,4-5,8-11,13-16H2,1-3H3,(H3,40,41)(H,45,47)(H,42,43,44). The van der Waals surface area contributed by atoms with Gasteiger partial charge in [0.25, 0.3) is 0 Å². The van der Waals surface area contributed by atoms with E-state index >= 15 is 4.39 Å². The highest BCUT2D eigenvalue weighted by atomic mass is 35.5. The summed E-state index contributed by atoms with van der Waals surface area (Å²) in [6, 6.07) is 5.14. The first-order valence-corrected chi connectivity index (χ1v) is 18.8. The fourth-order valence-corrected chi connectivity index (χ4v) is 9.28. The fraction of sp³-hybridized carbons (Fsp3) is 0.429. The molecule has 0 atom stereocenters. The summed E-state index contributed by atoms with van der Waals surface area (Å²) in [6.45, 7) is 8.00. The Balaban J connectivity index is 1.39. The van der Waals surface area contributed by atoms with Gasteiger partial charge in [-0.1, -0.05) is 17.7 Å². The third-order valence-electron chi connectivity index (χ3n) is 9.49. The van der Waals surface area contributed by atoms with Gasteiger partial charge in [-0.3, -0.25) is 21.0 Å². The summed E-state index contributed by atoms with van der Waals surface area (Å²) in [5, 5.41) is 33.3. The largest absolute Gasteiger partial charge is 0.461 e. The Morgan fingerprint density at radius 1 is 1.21 bits per heavy atom. The van der Waals surface area contributed by atoms with E-state index in [4.69, 9.17) is 52.3 Å². The van der Waals surface area contributed by atoms with Crippen molar-refractivity contribution in [2.75, 3.05) is 36.9 Å². The van der Waals surface area contributed by atoms with Gasteiger partial charge in [0.2, 0.25) is 0 Å². The molecule has 7 rings (SSSR count). The van der Waals surface area contributed by atoms with Gasteiger partial charge < -0.3 is 25.3 Å². The zero-order valence-corrected chi connectivity index (χ0v) is 31.2. The molecule has 1 amide bonds. The number of rotatable bonds is 8. The molecular weight excluding hydrogens is 729 g/mol. The highest BCUT2D eigenvalue weighted by Crippen LogP contribution is 2.50. The molecule has 4 aromatic rings. The molecule has 5 heterocycles. The first-order valence-electron chi connectivity index (χ1n) is 16.8. The monoisotopic (exact) mass is 765 g/mol. The number of amidine groups is 1. The van der Waals surface area contributed by atoms with Gasteiger partial charge in [-0.25, -0.2) is 9.18 Å². The van der Waals surface area contributed by atoms with Crippen LogP contribution in [0.5, 0.6) is 6.01 Å². The number of carbonyl (C=O) groups excluding carboxylic acids is 1. The Bertz CT molecular complexity index is 2190. The third kappa shape index (κ3) is 6.71. The number of halogens is 2. The summed E-state index contributed by atoms with van der Waals surface area (Å²) in [6.07, 6.45) is 3.47. The molecule has 3 aliphatic heterocycles. The molecule has 13 nitrogen and oxygen atoms in total. The molecular formula is C35H37ClFN9O4S2. The Morgan fingerprint density at radius 3 is 2.63 bits per heavy atom. The zero-order valence-electron chi connectivity index (χ0n) is 28.8. The normalized spacial score (nSPS) is 16.5. The Labute approximate surface area is 312 Å². The van der Waals surface area contributed by atoms with Gasteiger partial charge in [0, 0.05) is 10.9 Å². The number of anilines is 2. The molecule has 2 saturated heterocycles. The Morgan fingerprint density at radius 2 is 1.94 bits per heavy atom. The Kier molecular flexibility index (Phi) is 9.68. The number of thiophene rings is 1. The Hall–Kier alpha value is -4.27. The van der Waals surface area contributed by atoms with Crippen LogP contribution in [-0.4, -0.2) is 68.6 Å².